The first-order valence-corrected chi connectivity index (χ1v) is 8.00. The molecular formula is C17H13BF2N4O2. The number of nitrogens with zero attached hydrogens (tertiary/aromatic N) is 3. The lowest BCUT2D eigenvalue weighted by molar-refractivity contribution is -0.117. The highest BCUT2D eigenvalue weighted by atomic mass is 19.1. The molecular weight excluding hydrogens is 341 g/mol. The number of halogens is 2. The predicted molar refractivity (Wildman–Crippen MR) is 89.5 cm³/mol. The average molecular weight is 354 g/mol. The predicted octanol–water partition coefficient (Wildman–Crippen LogP) is 0.484. The monoisotopic (exact) mass is 354 g/mol. The van der Waals surface area contributed by atoms with Gasteiger partial charge in [-0.2, -0.15) is 0 Å². The SMILES string of the molecule is [B]c1ccc2c(c1)[C@]1(CC1F)CN(CC(=O)Nc1ncc(F)cn1)C2=O. The Morgan fingerprint density at radius 1 is 1.38 bits per heavy atom. The molecule has 6 nitrogen and oxygen atoms in total. The summed E-state index contributed by atoms with van der Waals surface area (Å²) in [6.45, 7) is -0.182. The van der Waals surface area contributed by atoms with Crippen molar-refractivity contribution in [3.63, 3.8) is 0 Å². The lowest BCUT2D eigenvalue weighted by Gasteiger charge is -2.34. The van der Waals surface area contributed by atoms with Gasteiger partial charge in [-0.15, -0.1) is 0 Å². The molecule has 2 amide bonds. The Kier molecular flexibility index (Phi) is 3.75. The Morgan fingerprint density at radius 3 is 2.73 bits per heavy atom. The van der Waals surface area contributed by atoms with Crippen LogP contribution in [0.15, 0.2) is 30.6 Å². The van der Waals surface area contributed by atoms with E-state index in [0.717, 1.165) is 12.4 Å². The normalized spacial score (nSPS) is 23.7. The van der Waals surface area contributed by atoms with Crippen LogP contribution in [0.1, 0.15) is 22.3 Å². The first kappa shape index (κ1) is 16.6. The molecule has 2 heterocycles. The van der Waals surface area contributed by atoms with Gasteiger partial charge in [-0.1, -0.05) is 17.6 Å². The molecule has 130 valence electrons. The maximum Gasteiger partial charge on any atom is 0.254 e. The molecule has 1 fully saturated rings. The van der Waals surface area contributed by atoms with Gasteiger partial charge in [-0.25, -0.2) is 18.7 Å². The van der Waals surface area contributed by atoms with Gasteiger partial charge in [0, 0.05) is 17.5 Å². The second-order valence-corrected chi connectivity index (χ2v) is 6.57. The Bertz CT molecular complexity index is 908. The molecule has 1 unspecified atom stereocenters. The summed E-state index contributed by atoms with van der Waals surface area (Å²) in [5.74, 6) is -1.61. The van der Waals surface area contributed by atoms with Crippen LogP contribution in [0.4, 0.5) is 14.7 Å². The van der Waals surface area contributed by atoms with Crippen LogP contribution >= 0.6 is 0 Å². The molecule has 1 N–H and O–H groups in total. The molecule has 2 aromatic rings. The standard InChI is InChI=1S/C17H13BF2N4O2/c18-9-1-2-11-12(3-9)17(4-13(17)20)8-24(15(11)26)7-14(25)23-16-21-5-10(19)6-22-16/h1-3,5-6,13H,4,7-8H2,(H,21,22,23,25)/t13?,17-/m0/s1. The number of aromatic nitrogens is 2. The van der Waals surface area contributed by atoms with Crippen LogP contribution in [0, 0.1) is 5.82 Å². The molecule has 0 bridgehead atoms. The summed E-state index contributed by atoms with van der Waals surface area (Å²) in [6.07, 6.45) is 1.04. The summed E-state index contributed by atoms with van der Waals surface area (Å²) in [5.41, 5.74) is 0.630. The first-order valence-electron chi connectivity index (χ1n) is 8.00. The van der Waals surface area contributed by atoms with Crippen LogP contribution in [0.5, 0.6) is 0 Å². The van der Waals surface area contributed by atoms with E-state index < -0.39 is 23.3 Å². The number of alkyl halides is 1. The number of carbonyl (C=O) groups excluding carboxylic acids is 2. The summed E-state index contributed by atoms with van der Waals surface area (Å²) in [4.78, 5) is 33.5. The van der Waals surface area contributed by atoms with Crippen LogP contribution in [-0.2, 0) is 10.2 Å². The van der Waals surface area contributed by atoms with Crippen LogP contribution in [-0.4, -0.2) is 53.8 Å². The molecule has 1 aliphatic heterocycles. The van der Waals surface area contributed by atoms with Gasteiger partial charge in [0.2, 0.25) is 11.9 Å². The molecule has 9 heteroatoms. The van der Waals surface area contributed by atoms with Crippen molar-refractivity contribution >= 4 is 31.1 Å². The van der Waals surface area contributed by atoms with E-state index in [1.807, 2.05) is 0 Å². The Labute approximate surface area is 149 Å². The van der Waals surface area contributed by atoms with Gasteiger partial charge in [0.1, 0.15) is 20.6 Å². The molecule has 2 atom stereocenters. The van der Waals surface area contributed by atoms with Crippen LogP contribution in [0.2, 0.25) is 0 Å². The number of hydrogen-bond acceptors (Lipinski definition) is 4. The minimum absolute atomic E-state index is 0.0708. The van der Waals surface area contributed by atoms with Gasteiger partial charge in [0.15, 0.2) is 5.82 Å². The Morgan fingerprint density at radius 2 is 2.08 bits per heavy atom. The molecule has 4 rings (SSSR count). The molecule has 26 heavy (non-hydrogen) atoms. The smallest absolute Gasteiger partial charge is 0.254 e. The Balaban J connectivity index is 1.54. The highest BCUT2D eigenvalue weighted by molar-refractivity contribution is 6.32. The number of fused-ring (bicyclic) bond motifs is 2. The van der Waals surface area contributed by atoms with E-state index in [0.29, 0.717) is 16.6 Å². The summed E-state index contributed by atoms with van der Waals surface area (Å²) in [5, 5.41) is 2.39. The largest absolute Gasteiger partial charge is 0.328 e. The van der Waals surface area contributed by atoms with E-state index >= 15 is 0 Å². The topological polar surface area (TPSA) is 75.2 Å². The molecule has 2 aliphatic rings. The van der Waals surface area contributed by atoms with Gasteiger partial charge in [0.25, 0.3) is 5.91 Å². The number of rotatable bonds is 3. The zero-order valence-electron chi connectivity index (χ0n) is 13.6. The quantitative estimate of drug-likeness (QED) is 0.814. The van der Waals surface area contributed by atoms with Gasteiger partial charge < -0.3 is 4.90 Å². The maximum atomic E-state index is 14.2. The molecule has 1 aliphatic carbocycles. The van der Waals surface area contributed by atoms with Crippen molar-refractivity contribution in [1.29, 1.82) is 0 Å². The molecule has 1 spiro atoms. The fourth-order valence-electron chi connectivity index (χ4n) is 3.37. The highest BCUT2D eigenvalue weighted by Crippen LogP contribution is 2.54. The second kappa shape index (κ2) is 5.86. The van der Waals surface area contributed by atoms with Crippen molar-refractivity contribution in [2.75, 3.05) is 18.4 Å². The van der Waals surface area contributed by atoms with Crippen molar-refractivity contribution < 1.29 is 18.4 Å². The number of nitrogens with one attached hydrogen (secondary N) is 1. The van der Waals surface area contributed by atoms with Gasteiger partial charge in [0.05, 0.1) is 12.4 Å². The third kappa shape index (κ3) is 2.73. The van der Waals surface area contributed by atoms with E-state index in [2.05, 4.69) is 15.3 Å². The highest BCUT2D eigenvalue weighted by Gasteiger charge is 2.61. The minimum atomic E-state index is -1.08. The number of carbonyl (C=O) groups is 2. The van der Waals surface area contributed by atoms with E-state index in [1.165, 1.54) is 4.90 Å². The van der Waals surface area contributed by atoms with Crippen LogP contribution in [0.25, 0.3) is 0 Å². The number of anilines is 1. The molecule has 2 radical (unpaired) electrons. The van der Waals surface area contributed by atoms with Crippen LogP contribution in [0.3, 0.4) is 0 Å². The zero-order valence-corrected chi connectivity index (χ0v) is 13.6. The number of amides is 2. The second-order valence-electron chi connectivity index (χ2n) is 6.57. The summed E-state index contributed by atoms with van der Waals surface area (Å²) in [6, 6.07) is 4.78. The molecule has 0 saturated heterocycles. The van der Waals surface area contributed by atoms with Crippen molar-refractivity contribution in [3.8, 4) is 0 Å². The summed E-state index contributed by atoms with van der Waals surface area (Å²) < 4.78 is 27.0. The fourth-order valence-corrected chi connectivity index (χ4v) is 3.37. The van der Waals surface area contributed by atoms with Crippen molar-refractivity contribution in [1.82, 2.24) is 14.9 Å². The van der Waals surface area contributed by atoms with E-state index in [9.17, 15) is 18.4 Å². The zero-order chi connectivity index (χ0) is 18.5. The van der Waals surface area contributed by atoms with Crippen molar-refractivity contribution in [2.24, 2.45) is 0 Å². The lowest BCUT2D eigenvalue weighted by Crippen LogP contribution is -2.48. The third-order valence-electron chi connectivity index (χ3n) is 4.76. The van der Waals surface area contributed by atoms with Crippen LogP contribution < -0.4 is 10.8 Å². The van der Waals surface area contributed by atoms with Crippen molar-refractivity contribution in [3.05, 3.63) is 47.5 Å². The average Bonchev–Trinajstić information content (AvgIpc) is 3.25. The fraction of sp³-hybridized carbons (Fsp3) is 0.294. The number of benzene rings is 1. The Hall–Kier alpha value is -2.84. The third-order valence-corrected chi connectivity index (χ3v) is 4.76. The van der Waals surface area contributed by atoms with Gasteiger partial charge in [-0.3, -0.25) is 14.9 Å². The van der Waals surface area contributed by atoms with Gasteiger partial charge >= 0.3 is 0 Å². The van der Waals surface area contributed by atoms with Crippen molar-refractivity contribution in [2.45, 2.75) is 18.0 Å². The number of hydrogen-bond donors (Lipinski definition) is 1. The maximum absolute atomic E-state index is 14.2. The first-order chi connectivity index (χ1) is 12.4. The minimum Gasteiger partial charge on any atom is -0.328 e. The summed E-state index contributed by atoms with van der Waals surface area (Å²) in [7, 11) is 5.78. The molecule has 1 saturated carbocycles. The molecule has 1 aromatic carbocycles. The lowest BCUT2D eigenvalue weighted by atomic mass is 9.82. The summed E-state index contributed by atoms with van der Waals surface area (Å²) >= 11 is 0. The van der Waals surface area contributed by atoms with Gasteiger partial charge in [-0.05, 0) is 18.1 Å². The molecule has 1 aromatic heterocycles. The van der Waals surface area contributed by atoms with E-state index in [1.54, 1.807) is 18.2 Å². The van der Waals surface area contributed by atoms with E-state index in [-0.39, 0.29) is 31.4 Å². The van der Waals surface area contributed by atoms with E-state index in [4.69, 9.17) is 7.85 Å².